The molecule has 0 aliphatic heterocycles. The Balaban J connectivity index is 3.25. The van der Waals surface area contributed by atoms with Gasteiger partial charge < -0.3 is 0 Å². The van der Waals surface area contributed by atoms with Crippen molar-refractivity contribution in [3.05, 3.63) is 27.7 Å². The number of rotatable bonds is 0. The maximum Gasteiger partial charge on any atom is 0.0559 e. The zero-order valence-corrected chi connectivity index (χ0v) is 7.67. The van der Waals surface area contributed by atoms with E-state index < -0.39 is 0 Å². The Bertz CT molecular complexity index is 204. The summed E-state index contributed by atoms with van der Waals surface area (Å²) in [5.74, 6) is 0. The van der Waals surface area contributed by atoms with Gasteiger partial charge in [-0.2, -0.15) is 0 Å². The maximum atomic E-state index is 5.72. The van der Waals surface area contributed by atoms with Crippen LogP contribution in [-0.2, 0) is 0 Å². The third-order valence-electron chi connectivity index (χ3n) is 0.931. The van der Waals surface area contributed by atoms with Crippen molar-refractivity contribution >= 4 is 40.2 Å². The molecule has 48 valence electrons. The third kappa shape index (κ3) is 1.63. The average molecular weight is 224 g/mol. The molecule has 0 amide bonds. The van der Waals surface area contributed by atoms with Gasteiger partial charge in [-0.05, 0) is 28.1 Å². The molecule has 0 unspecified atom stereocenters. The zero-order valence-electron chi connectivity index (χ0n) is 4.44. The quantitative estimate of drug-likeness (QED) is 0.641. The summed E-state index contributed by atoms with van der Waals surface area (Å²) in [6, 6.07) is 5.54. The summed E-state index contributed by atoms with van der Waals surface area (Å²) >= 11 is 13.1. The van der Waals surface area contributed by atoms with Crippen LogP contribution in [-0.4, -0.2) is 0 Å². The molecule has 0 saturated heterocycles. The Morgan fingerprint density at radius 2 is 2.11 bits per heavy atom. The van der Waals surface area contributed by atoms with Crippen LogP contribution in [0, 0.1) is 0 Å². The fourth-order valence-electron chi connectivity index (χ4n) is 0.492. The molecular formula is C6H4BrClS. The van der Waals surface area contributed by atoms with E-state index in [0.29, 0.717) is 5.02 Å². The molecular weight excluding hydrogens is 219 g/mol. The van der Waals surface area contributed by atoms with Gasteiger partial charge in [0.25, 0.3) is 0 Å². The second-order valence-electron chi connectivity index (χ2n) is 1.57. The molecule has 1 aromatic rings. The number of hydrogen-bond donors (Lipinski definition) is 1. The summed E-state index contributed by atoms with van der Waals surface area (Å²) in [5.41, 5.74) is 0. The van der Waals surface area contributed by atoms with Crippen molar-refractivity contribution in [1.29, 1.82) is 0 Å². The predicted molar refractivity (Wildman–Crippen MR) is 46.4 cm³/mol. The molecule has 0 fully saturated rings. The lowest BCUT2D eigenvalue weighted by molar-refractivity contribution is 1.42. The third-order valence-corrected chi connectivity index (χ3v) is 3.01. The Kier molecular flexibility index (Phi) is 2.44. The van der Waals surface area contributed by atoms with Crippen molar-refractivity contribution in [2.24, 2.45) is 0 Å². The minimum atomic E-state index is 0.697. The molecule has 0 radical (unpaired) electrons. The monoisotopic (exact) mass is 222 g/mol. The SMILES string of the molecule is Sc1cccc(Cl)c1Br. The van der Waals surface area contributed by atoms with E-state index >= 15 is 0 Å². The van der Waals surface area contributed by atoms with E-state index in [4.69, 9.17) is 11.6 Å². The molecule has 0 spiro atoms. The molecule has 9 heavy (non-hydrogen) atoms. The van der Waals surface area contributed by atoms with Crippen LogP contribution < -0.4 is 0 Å². The summed E-state index contributed by atoms with van der Waals surface area (Å²) in [4.78, 5) is 0.863. The van der Waals surface area contributed by atoms with E-state index in [1.165, 1.54) is 0 Å². The van der Waals surface area contributed by atoms with Crippen molar-refractivity contribution < 1.29 is 0 Å². The van der Waals surface area contributed by atoms with Gasteiger partial charge in [0.05, 0.1) is 5.02 Å². The Morgan fingerprint density at radius 3 is 2.56 bits per heavy atom. The normalized spacial score (nSPS) is 9.67. The molecule has 1 rings (SSSR count). The highest BCUT2D eigenvalue weighted by molar-refractivity contribution is 9.10. The Labute approximate surface area is 72.8 Å². The minimum Gasteiger partial charge on any atom is -0.142 e. The maximum absolute atomic E-state index is 5.72. The topological polar surface area (TPSA) is 0 Å². The smallest absolute Gasteiger partial charge is 0.0559 e. The zero-order chi connectivity index (χ0) is 6.85. The van der Waals surface area contributed by atoms with Crippen LogP contribution in [0.25, 0.3) is 0 Å². The molecule has 0 N–H and O–H groups in total. The fraction of sp³-hybridized carbons (Fsp3) is 0. The highest BCUT2D eigenvalue weighted by atomic mass is 79.9. The van der Waals surface area contributed by atoms with Gasteiger partial charge in [0, 0.05) is 9.37 Å². The molecule has 1 aromatic carbocycles. The number of thiol groups is 1. The molecule has 0 atom stereocenters. The van der Waals surface area contributed by atoms with Crippen molar-refractivity contribution in [2.75, 3.05) is 0 Å². The van der Waals surface area contributed by atoms with Gasteiger partial charge in [-0.1, -0.05) is 17.7 Å². The van der Waals surface area contributed by atoms with Crippen molar-refractivity contribution in [1.82, 2.24) is 0 Å². The molecule has 0 heterocycles. The van der Waals surface area contributed by atoms with Gasteiger partial charge in [-0.3, -0.25) is 0 Å². The summed E-state index contributed by atoms with van der Waals surface area (Å²) in [5, 5.41) is 0.697. The number of halogens is 2. The Morgan fingerprint density at radius 1 is 1.44 bits per heavy atom. The molecule has 0 aromatic heterocycles. The fourth-order valence-corrected chi connectivity index (χ4v) is 1.20. The molecule has 0 bridgehead atoms. The van der Waals surface area contributed by atoms with E-state index in [1.807, 2.05) is 18.2 Å². The first-order valence-corrected chi connectivity index (χ1v) is 3.96. The van der Waals surface area contributed by atoms with E-state index in [0.717, 1.165) is 9.37 Å². The van der Waals surface area contributed by atoms with Gasteiger partial charge in [0.1, 0.15) is 0 Å². The van der Waals surface area contributed by atoms with Crippen LogP contribution in [0.2, 0.25) is 5.02 Å². The van der Waals surface area contributed by atoms with E-state index in [-0.39, 0.29) is 0 Å². The summed E-state index contributed by atoms with van der Waals surface area (Å²) < 4.78 is 0.856. The van der Waals surface area contributed by atoms with Crippen molar-refractivity contribution in [3.63, 3.8) is 0 Å². The van der Waals surface area contributed by atoms with Crippen LogP contribution in [0.1, 0.15) is 0 Å². The molecule has 0 aliphatic carbocycles. The molecule has 0 saturated carbocycles. The van der Waals surface area contributed by atoms with Gasteiger partial charge >= 0.3 is 0 Å². The molecule has 0 aliphatic rings. The highest BCUT2D eigenvalue weighted by Gasteiger charge is 1.97. The summed E-state index contributed by atoms with van der Waals surface area (Å²) in [7, 11) is 0. The van der Waals surface area contributed by atoms with Crippen LogP contribution in [0.4, 0.5) is 0 Å². The second kappa shape index (κ2) is 2.95. The lowest BCUT2D eigenvalue weighted by atomic mass is 10.4. The number of hydrogen-bond acceptors (Lipinski definition) is 1. The lowest BCUT2D eigenvalue weighted by Crippen LogP contribution is -1.69. The first kappa shape index (κ1) is 7.45. The number of benzene rings is 1. The highest BCUT2D eigenvalue weighted by Crippen LogP contribution is 2.27. The van der Waals surface area contributed by atoms with Crippen LogP contribution in [0.5, 0.6) is 0 Å². The first-order chi connectivity index (χ1) is 4.22. The summed E-state index contributed by atoms with van der Waals surface area (Å²) in [6.07, 6.45) is 0. The second-order valence-corrected chi connectivity index (χ2v) is 3.25. The Hall–Kier alpha value is 0.340. The average Bonchev–Trinajstić information content (AvgIpc) is 1.83. The van der Waals surface area contributed by atoms with Crippen molar-refractivity contribution in [3.8, 4) is 0 Å². The molecule has 0 nitrogen and oxygen atoms in total. The van der Waals surface area contributed by atoms with Gasteiger partial charge in [-0.15, -0.1) is 12.6 Å². The summed E-state index contributed by atoms with van der Waals surface area (Å²) in [6.45, 7) is 0. The van der Waals surface area contributed by atoms with Gasteiger partial charge in [-0.25, -0.2) is 0 Å². The van der Waals surface area contributed by atoms with Crippen molar-refractivity contribution in [2.45, 2.75) is 4.90 Å². The standard InChI is InChI=1S/C6H4BrClS/c7-6-4(8)2-1-3-5(6)9/h1-3,9H. The van der Waals surface area contributed by atoms with Gasteiger partial charge in [0.15, 0.2) is 0 Å². The predicted octanol–water partition coefficient (Wildman–Crippen LogP) is 3.39. The van der Waals surface area contributed by atoms with Crippen LogP contribution >= 0.6 is 40.2 Å². The first-order valence-electron chi connectivity index (χ1n) is 2.35. The van der Waals surface area contributed by atoms with Crippen LogP contribution in [0.3, 0.4) is 0 Å². The minimum absolute atomic E-state index is 0.697. The van der Waals surface area contributed by atoms with Gasteiger partial charge in [0.2, 0.25) is 0 Å². The van der Waals surface area contributed by atoms with Crippen LogP contribution in [0.15, 0.2) is 27.6 Å². The van der Waals surface area contributed by atoms with E-state index in [2.05, 4.69) is 28.6 Å². The van der Waals surface area contributed by atoms with E-state index in [9.17, 15) is 0 Å². The molecule has 3 heteroatoms. The lowest BCUT2D eigenvalue weighted by Gasteiger charge is -1.96. The largest absolute Gasteiger partial charge is 0.142 e. The van der Waals surface area contributed by atoms with E-state index in [1.54, 1.807) is 0 Å².